The van der Waals surface area contributed by atoms with Crippen LogP contribution >= 0.6 is 11.8 Å². The van der Waals surface area contributed by atoms with Crippen LogP contribution in [0.2, 0.25) is 0 Å². The molecule has 2 N–H and O–H groups in total. The molecule has 6 nitrogen and oxygen atoms in total. The molecule has 0 radical (unpaired) electrons. The van der Waals surface area contributed by atoms with Crippen molar-refractivity contribution in [3.05, 3.63) is 89.5 Å². The van der Waals surface area contributed by atoms with Crippen molar-refractivity contribution in [3.8, 4) is 16.9 Å². The smallest absolute Gasteiger partial charge is 0.407 e. The summed E-state index contributed by atoms with van der Waals surface area (Å²) in [6.07, 6.45) is -0.408. The van der Waals surface area contributed by atoms with Gasteiger partial charge in [-0.15, -0.1) is 0 Å². The maximum absolute atomic E-state index is 12.4. The molecule has 0 saturated carbocycles. The number of benzene rings is 3. The fraction of sp³-hybridized carbons (Fsp3) is 0.259. The van der Waals surface area contributed by atoms with Gasteiger partial charge in [0.15, 0.2) is 0 Å². The molecule has 0 aromatic heterocycles. The lowest BCUT2D eigenvalue weighted by Crippen LogP contribution is -2.41. The molecule has 4 rings (SSSR count). The zero-order valence-corrected chi connectivity index (χ0v) is 19.7. The van der Waals surface area contributed by atoms with Crippen LogP contribution in [0.25, 0.3) is 11.1 Å². The van der Waals surface area contributed by atoms with E-state index in [0.717, 1.165) is 39.3 Å². The molecule has 0 unspecified atom stereocenters. The highest BCUT2D eigenvalue weighted by Gasteiger charge is 2.29. The number of amides is 1. The van der Waals surface area contributed by atoms with Gasteiger partial charge in [0.25, 0.3) is 0 Å². The molecular formula is C27H27NO5S. The molecule has 3 aromatic carbocycles. The predicted molar refractivity (Wildman–Crippen MR) is 133 cm³/mol. The zero-order valence-electron chi connectivity index (χ0n) is 18.9. The molecule has 176 valence electrons. The highest BCUT2D eigenvalue weighted by Crippen LogP contribution is 2.44. The van der Waals surface area contributed by atoms with Crippen molar-refractivity contribution in [2.45, 2.75) is 24.1 Å². The Labute approximate surface area is 203 Å². The van der Waals surface area contributed by atoms with Crippen molar-refractivity contribution >= 4 is 23.8 Å². The van der Waals surface area contributed by atoms with Gasteiger partial charge >= 0.3 is 12.1 Å². The van der Waals surface area contributed by atoms with Gasteiger partial charge in [-0.25, -0.2) is 9.59 Å². The third-order valence-corrected chi connectivity index (χ3v) is 6.97. The van der Waals surface area contributed by atoms with Crippen molar-refractivity contribution in [1.82, 2.24) is 5.32 Å². The van der Waals surface area contributed by atoms with Gasteiger partial charge < -0.3 is 19.9 Å². The van der Waals surface area contributed by atoms with Crippen LogP contribution < -0.4 is 10.1 Å². The molecular weight excluding hydrogens is 450 g/mol. The number of nitrogens with one attached hydrogen (secondary N) is 1. The first-order valence-electron chi connectivity index (χ1n) is 11.1. The third kappa shape index (κ3) is 5.54. The minimum atomic E-state index is -1.07. The Morgan fingerprint density at radius 2 is 1.59 bits per heavy atom. The second-order valence-corrected chi connectivity index (χ2v) is 9.16. The molecule has 0 spiro atoms. The summed E-state index contributed by atoms with van der Waals surface area (Å²) in [5, 5.41) is 12.1. The summed E-state index contributed by atoms with van der Waals surface area (Å²) in [5.74, 6) is 1.00. The van der Waals surface area contributed by atoms with Crippen molar-refractivity contribution in [3.63, 3.8) is 0 Å². The number of hydrogen-bond donors (Lipinski definition) is 2. The Balaban J connectivity index is 1.27. The number of carboxylic acid groups (broad SMARTS) is 1. The molecule has 0 fully saturated rings. The molecule has 1 aliphatic carbocycles. The van der Waals surface area contributed by atoms with Crippen LogP contribution in [0.4, 0.5) is 4.79 Å². The van der Waals surface area contributed by atoms with Gasteiger partial charge in [-0.1, -0.05) is 60.7 Å². The van der Waals surface area contributed by atoms with E-state index in [1.807, 2.05) is 60.7 Å². The highest BCUT2D eigenvalue weighted by atomic mass is 32.2. The largest absolute Gasteiger partial charge is 0.497 e. The Bertz CT molecular complexity index is 1100. The van der Waals surface area contributed by atoms with Crippen molar-refractivity contribution in [2.75, 3.05) is 19.5 Å². The minimum Gasteiger partial charge on any atom is -0.497 e. The van der Waals surface area contributed by atoms with Crippen LogP contribution in [-0.2, 0) is 15.3 Å². The Hall–Kier alpha value is -3.45. The van der Waals surface area contributed by atoms with Crippen LogP contribution in [0.5, 0.6) is 5.75 Å². The molecule has 34 heavy (non-hydrogen) atoms. The number of thioether (sulfide) groups is 1. The fourth-order valence-electron chi connectivity index (χ4n) is 4.15. The SMILES string of the molecule is COc1ccc(CSCC[C@H](NC(=O)OCC2c3ccccc3-c3ccccc32)C(=O)O)cc1. The number of fused-ring (bicyclic) bond motifs is 3. The average molecular weight is 478 g/mol. The lowest BCUT2D eigenvalue weighted by molar-refractivity contribution is -0.139. The molecule has 3 aromatic rings. The minimum absolute atomic E-state index is 0.0681. The summed E-state index contributed by atoms with van der Waals surface area (Å²) in [5.41, 5.74) is 5.64. The zero-order chi connectivity index (χ0) is 23.9. The fourth-order valence-corrected chi connectivity index (χ4v) is 5.13. The summed E-state index contributed by atoms with van der Waals surface area (Å²) in [6.45, 7) is 0.151. The van der Waals surface area contributed by atoms with Gasteiger partial charge in [0.2, 0.25) is 0 Å². The maximum Gasteiger partial charge on any atom is 0.407 e. The topological polar surface area (TPSA) is 84.9 Å². The highest BCUT2D eigenvalue weighted by molar-refractivity contribution is 7.98. The van der Waals surface area contributed by atoms with Crippen molar-refractivity contribution in [2.24, 2.45) is 0 Å². The van der Waals surface area contributed by atoms with E-state index in [1.54, 1.807) is 18.9 Å². The van der Waals surface area contributed by atoms with Gasteiger partial charge in [0, 0.05) is 11.7 Å². The number of rotatable bonds is 10. The first kappa shape index (κ1) is 23.7. The predicted octanol–water partition coefficient (Wildman–Crippen LogP) is 5.31. The average Bonchev–Trinajstić information content (AvgIpc) is 3.18. The van der Waals surface area contributed by atoms with Gasteiger partial charge in [-0.3, -0.25) is 0 Å². The second kappa shape index (κ2) is 11.1. The molecule has 1 amide bonds. The summed E-state index contributed by atoms with van der Waals surface area (Å²) in [6, 6.07) is 22.9. The lowest BCUT2D eigenvalue weighted by Gasteiger charge is -2.17. The van der Waals surface area contributed by atoms with E-state index in [9.17, 15) is 14.7 Å². The van der Waals surface area contributed by atoms with E-state index in [2.05, 4.69) is 17.4 Å². The number of aliphatic carboxylic acids is 1. The van der Waals surface area contributed by atoms with Gasteiger partial charge in [0.1, 0.15) is 18.4 Å². The van der Waals surface area contributed by atoms with E-state index in [1.165, 1.54) is 0 Å². The standard InChI is InChI=1S/C27H27NO5S/c1-32-19-12-10-18(11-13-19)17-34-15-14-25(26(29)30)28-27(31)33-16-24-22-8-4-2-6-20(22)21-7-3-5-9-23(21)24/h2-13,24-25H,14-17H2,1H3,(H,28,31)(H,29,30)/t25-/m0/s1. The number of alkyl carbamates (subject to hydrolysis) is 1. The summed E-state index contributed by atoms with van der Waals surface area (Å²) < 4.78 is 10.6. The number of ether oxygens (including phenoxy) is 2. The third-order valence-electron chi connectivity index (χ3n) is 5.91. The van der Waals surface area contributed by atoms with Gasteiger partial charge in [0.05, 0.1) is 7.11 Å². The first-order chi connectivity index (χ1) is 16.6. The number of carbonyl (C=O) groups is 2. The number of carbonyl (C=O) groups excluding carboxylic acids is 1. The molecule has 0 aliphatic heterocycles. The Morgan fingerprint density at radius 1 is 0.971 bits per heavy atom. The van der Waals surface area contributed by atoms with Crippen LogP contribution in [-0.4, -0.2) is 42.7 Å². The molecule has 7 heteroatoms. The van der Waals surface area contributed by atoms with Crippen LogP contribution in [0, 0.1) is 0 Å². The molecule has 0 saturated heterocycles. The van der Waals surface area contributed by atoms with Crippen molar-refractivity contribution < 1.29 is 24.2 Å². The quantitative estimate of drug-likeness (QED) is 0.385. The van der Waals surface area contributed by atoms with Crippen molar-refractivity contribution in [1.29, 1.82) is 0 Å². The summed E-state index contributed by atoms with van der Waals surface area (Å²) >= 11 is 1.61. The summed E-state index contributed by atoms with van der Waals surface area (Å²) in [7, 11) is 1.62. The molecule has 1 aliphatic rings. The molecule has 1 atom stereocenters. The summed E-state index contributed by atoms with van der Waals surface area (Å²) in [4.78, 5) is 24.1. The van der Waals surface area contributed by atoms with Crippen LogP contribution in [0.3, 0.4) is 0 Å². The van der Waals surface area contributed by atoms with E-state index in [0.29, 0.717) is 12.2 Å². The van der Waals surface area contributed by atoms with Crippen LogP contribution in [0.1, 0.15) is 29.0 Å². The Kier molecular flexibility index (Phi) is 7.75. The normalized spacial score (nSPS) is 13.0. The lowest BCUT2D eigenvalue weighted by atomic mass is 9.98. The molecule has 0 heterocycles. The number of carboxylic acids is 1. The number of hydrogen-bond acceptors (Lipinski definition) is 5. The first-order valence-corrected chi connectivity index (χ1v) is 12.3. The van der Waals surface area contributed by atoms with Gasteiger partial charge in [-0.2, -0.15) is 11.8 Å². The molecule has 0 bridgehead atoms. The van der Waals surface area contributed by atoms with E-state index in [-0.39, 0.29) is 12.5 Å². The van der Waals surface area contributed by atoms with Gasteiger partial charge in [-0.05, 0) is 52.1 Å². The number of methoxy groups -OCH3 is 1. The Morgan fingerprint density at radius 3 is 2.18 bits per heavy atom. The second-order valence-electron chi connectivity index (χ2n) is 8.05. The maximum atomic E-state index is 12.4. The van der Waals surface area contributed by atoms with E-state index < -0.39 is 18.1 Å². The van der Waals surface area contributed by atoms with Crippen LogP contribution in [0.15, 0.2) is 72.8 Å². The van der Waals surface area contributed by atoms with E-state index >= 15 is 0 Å². The monoisotopic (exact) mass is 477 g/mol. The van der Waals surface area contributed by atoms with E-state index in [4.69, 9.17) is 9.47 Å².